The van der Waals surface area contributed by atoms with Gasteiger partial charge in [-0.15, -0.1) is 0 Å². The summed E-state index contributed by atoms with van der Waals surface area (Å²) in [7, 11) is -3.70. The molecule has 150 valence electrons. The molecule has 0 saturated carbocycles. The van der Waals surface area contributed by atoms with Crippen LogP contribution in [0.4, 0.5) is 11.4 Å². The zero-order valence-electron chi connectivity index (χ0n) is 16.5. The van der Waals surface area contributed by atoms with Gasteiger partial charge < -0.3 is 5.32 Å². The van der Waals surface area contributed by atoms with Crippen molar-refractivity contribution in [2.24, 2.45) is 0 Å². The van der Waals surface area contributed by atoms with E-state index in [0.29, 0.717) is 24.2 Å². The zero-order valence-corrected chi connectivity index (χ0v) is 17.3. The molecular weight excluding hydrogens is 384 g/mol. The Hall–Kier alpha value is -3.12. The van der Waals surface area contributed by atoms with Crippen molar-refractivity contribution in [3.63, 3.8) is 0 Å². The smallest absolute Gasteiger partial charge is 0.261 e. The van der Waals surface area contributed by atoms with Crippen molar-refractivity contribution in [2.75, 3.05) is 10.0 Å². The second-order valence-corrected chi connectivity index (χ2v) is 8.65. The molecule has 0 bridgehead atoms. The average molecular weight is 409 g/mol. The van der Waals surface area contributed by atoms with Crippen molar-refractivity contribution in [1.82, 2.24) is 0 Å². The van der Waals surface area contributed by atoms with Gasteiger partial charge in [0.25, 0.3) is 10.0 Å². The Morgan fingerprint density at radius 3 is 2.14 bits per heavy atom. The third-order valence-electron chi connectivity index (χ3n) is 4.69. The molecule has 0 spiro atoms. The summed E-state index contributed by atoms with van der Waals surface area (Å²) >= 11 is 0. The minimum Gasteiger partial charge on any atom is -0.326 e. The zero-order chi connectivity index (χ0) is 20.9. The number of hydrogen-bond acceptors (Lipinski definition) is 3. The number of carbonyl (C=O) groups excluding carboxylic acids is 1. The second kappa shape index (κ2) is 8.92. The van der Waals surface area contributed by atoms with E-state index in [0.717, 1.165) is 16.7 Å². The van der Waals surface area contributed by atoms with Crippen LogP contribution in [0.1, 0.15) is 23.1 Å². The molecule has 5 nitrogen and oxygen atoms in total. The monoisotopic (exact) mass is 408 g/mol. The summed E-state index contributed by atoms with van der Waals surface area (Å²) in [4.78, 5) is 12.3. The topological polar surface area (TPSA) is 75.3 Å². The molecule has 0 radical (unpaired) electrons. The lowest BCUT2D eigenvalue weighted by Gasteiger charge is -2.11. The van der Waals surface area contributed by atoms with Gasteiger partial charge in [0.05, 0.1) is 4.90 Å². The maximum absolute atomic E-state index is 12.6. The molecular formula is C23H24N2O3S. The largest absolute Gasteiger partial charge is 0.326 e. The molecule has 29 heavy (non-hydrogen) atoms. The van der Waals surface area contributed by atoms with Gasteiger partial charge in [-0.2, -0.15) is 0 Å². The van der Waals surface area contributed by atoms with E-state index in [1.807, 2.05) is 50.2 Å². The minimum atomic E-state index is -3.70. The fraction of sp³-hybridized carbons (Fsp3) is 0.174. The summed E-state index contributed by atoms with van der Waals surface area (Å²) in [5, 5.41) is 2.80. The van der Waals surface area contributed by atoms with Crippen LogP contribution in [-0.2, 0) is 21.2 Å². The number of hydrogen-bond donors (Lipinski definition) is 2. The maximum atomic E-state index is 12.6. The Kier molecular flexibility index (Phi) is 6.34. The molecule has 6 heteroatoms. The second-order valence-electron chi connectivity index (χ2n) is 6.96. The standard InChI is InChI=1S/C23H24N2O3S/c1-17-8-10-21(16-18(17)2)25-29(27,28)22-13-11-20(12-14-22)24-23(26)15-9-19-6-4-3-5-7-19/h3-8,10-14,16,25H,9,15H2,1-2H3,(H,24,26). The molecule has 3 rings (SSSR count). The number of rotatable bonds is 7. The predicted octanol–water partition coefficient (Wildman–Crippen LogP) is 4.68. The van der Waals surface area contributed by atoms with E-state index in [1.54, 1.807) is 24.3 Å². The normalized spacial score (nSPS) is 11.1. The molecule has 0 saturated heterocycles. The maximum Gasteiger partial charge on any atom is 0.261 e. The molecule has 3 aromatic carbocycles. The van der Waals surface area contributed by atoms with E-state index < -0.39 is 10.0 Å². The van der Waals surface area contributed by atoms with Gasteiger partial charge >= 0.3 is 0 Å². The summed E-state index contributed by atoms with van der Waals surface area (Å²) in [5.74, 6) is -0.113. The molecule has 0 unspecified atom stereocenters. The lowest BCUT2D eigenvalue weighted by atomic mass is 10.1. The summed E-state index contributed by atoms with van der Waals surface area (Å²) in [6, 6.07) is 21.4. The van der Waals surface area contributed by atoms with Gasteiger partial charge in [0.2, 0.25) is 5.91 Å². The van der Waals surface area contributed by atoms with E-state index in [4.69, 9.17) is 0 Å². The van der Waals surface area contributed by atoms with Crippen molar-refractivity contribution in [2.45, 2.75) is 31.6 Å². The first-order valence-electron chi connectivity index (χ1n) is 9.37. The highest BCUT2D eigenvalue weighted by molar-refractivity contribution is 7.92. The molecule has 2 N–H and O–H groups in total. The molecule has 0 aromatic heterocycles. The van der Waals surface area contributed by atoms with Gasteiger partial charge in [-0.1, -0.05) is 36.4 Å². The minimum absolute atomic E-state index is 0.113. The van der Waals surface area contributed by atoms with E-state index in [1.165, 1.54) is 12.1 Å². The Labute approximate surface area is 171 Å². The number of amides is 1. The third kappa shape index (κ3) is 5.68. The highest BCUT2D eigenvalue weighted by Gasteiger charge is 2.14. The van der Waals surface area contributed by atoms with Crippen LogP contribution in [0.15, 0.2) is 77.7 Å². The molecule has 0 atom stereocenters. The van der Waals surface area contributed by atoms with Gasteiger partial charge in [0.15, 0.2) is 0 Å². The summed E-state index contributed by atoms with van der Waals surface area (Å²) in [6.45, 7) is 3.91. The molecule has 0 aliphatic heterocycles. The van der Waals surface area contributed by atoms with Crippen LogP contribution >= 0.6 is 0 Å². The molecule has 1 amide bonds. The Balaban J connectivity index is 1.61. The van der Waals surface area contributed by atoms with Gasteiger partial charge in [-0.25, -0.2) is 8.42 Å². The molecule has 0 aliphatic rings. The van der Waals surface area contributed by atoms with Crippen LogP contribution in [0.3, 0.4) is 0 Å². The van der Waals surface area contributed by atoms with Crippen LogP contribution in [0.5, 0.6) is 0 Å². The summed E-state index contributed by atoms with van der Waals surface area (Å²) < 4.78 is 27.8. The number of carbonyl (C=O) groups is 1. The van der Waals surface area contributed by atoms with Crippen molar-refractivity contribution in [1.29, 1.82) is 0 Å². The van der Waals surface area contributed by atoms with Gasteiger partial charge in [0.1, 0.15) is 0 Å². The van der Waals surface area contributed by atoms with E-state index in [9.17, 15) is 13.2 Å². The fourth-order valence-corrected chi connectivity index (χ4v) is 3.91. The molecule has 3 aromatic rings. The van der Waals surface area contributed by atoms with E-state index in [2.05, 4.69) is 10.0 Å². The number of aryl methyl sites for hydroxylation is 3. The van der Waals surface area contributed by atoms with E-state index >= 15 is 0 Å². The first-order chi connectivity index (χ1) is 13.8. The number of sulfonamides is 1. The Morgan fingerprint density at radius 1 is 0.828 bits per heavy atom. The van der Waals surface area contributed by atoms with Crippen LogP contribution in [0, 0.1) is 13.8 Å². The lowest BCUT2D eigenvalue weighted by Crippen LogP contribution is -2.14. The van der Waals surface area contributed by atoms with Crippen molar-refractivity contribution >= 4 is 27.3 Å². The highest BCUT2D eigenvalue weighted by atomic mass is 32.2. The molecule has 0 aliphatic carbocycles. The first-order valence-corrected chi connectivity index (χ1v) is 10.9. The number of benzene rings is 3. The van der Waals surface area contributed by atoms with Crippen LogP contribution in [0.25, 0.3) is 0 Å². The Morgan fingerprint density at radius 2 is 1.48 bits per heavy atom. The first kappa shape index (κ1) is 20.6. The van der Waals surface area contributed by atoms with Gasteiger partial charge in [0, 0.05) is 17.8 Å². The fourth-order valence-electron chi connectivity index (χ4n) is 2.86. The highest BCUT2D eigenvalue weighted by Crippen LogP contribution is 2.20. The lowest BCUT2D eigenvalue weighted by molar-refractivity contribution is -0.116. The van der Waals surface area contributed by atoms with Crippen LogP contribution in [0.2, 0.25) is 0 Å². The molecule has 0 heterocycles. The number of nitrogens with one attached hydrogen (secondary N) is 2. The van der Waals surface area contributed by atoms with Crippen molar-refractivity contribution in [3.8, 4) is 0 Å². The van der Waals surface area contributed by atoms with Gasteiger partial charge in [-0.3, -0.25) is 9.52 Å². The van der Waals surface area contributed by atoms with Gasteiger partial charge in [-0.05, 0) is 73.4 Å². The predicted molar refractivity (Wildman–Crippen MR) is 117 cm³/mol. The van der Waals surface area contributed by atoms with Crippen LogP contribution < -0.4 is 10.0 Å². The summed E-state index contributed by atoms with van der Waals surface area (Å²) in [6.07, 6.45) is 1.01. The third-order valence-corrected chi connectivity index (χ3v) is 6.09. The quantitative estimate of drug-likeness (QED) is 0.596. The average Bonchev–Trinajstić information content (AvgIpc) is 2.70. The number of anilines is 2. The van der Waals surface area contributed by atoms with E-state index in [-0.39, 0.29) is 10.8 Å². The van der Waals surface area contributed by atoms with Crippen molar-refractivity contribution in [3.05, 3.63) is 89.5 Å². The van der Waals surface area contributed by atoms with Crippen LogP contribution in [-0.4, -0.2) is 14.3 Å². The van der Waals surface area contributed by atoms with Crippen molar-refractivity contribution < 1.29 is 13.2 Å². The summed E-state index contributed by atoms with van der Waals surface area (Å²) in [5.41, 5.74) is 4.29. The SMILES string of the molecule is Cc1ccc(NS(=O)(=O)c2ccc(NC(=O)CCc3ccccc3)cc2)cc1C. The molecule has 0 fully saturated rings. The Bertz CT molecular complexity index is 1090.